The van der Waals surface area contributed by atoms with Crippen molar-refractivity contribution in [2.24, 2.45) is 0 Å². The molecule has 2 aromatic heterocycles. The van der Waals surface area contributed by atoms with Crippen molar-refractivity contribution >= 4 is 38.7 Å². The van der Waals surface area contributed by atoms with Crippen LogP contribution in [0.3, 0.4) is 0 Å². The predicted octanol–water partition coefficient (Wildman–Crippen LogP) is 14.4. The molecule has 0 amide bonds. The van der Waals surface area contributed by atoms with Gasteiger partial charge in [0.25, 0.3) is 0 Å². The Morgan fingerprint density at radius 2 is 0.812 bits per heavy atom. The molecule has 9 aromatic carbocycles. The third-order valence-electron chi connectivity index (χ3n) is 13.1. The standard InChI is InChI=1S/C59H37N5/c1-5-19-38(20-6-1)55-47-37-54-51(59(48-29-15-13-27-43(48)44-28-14-16-30-49(44)59)50-31-17-18-32-53(50)64(54)42-25-11-4-12-26-42)36-46(47)45-34-33-41(35-52(45)60-55)58-62-56(39-21-7-2-8-22-39)61-57(63-58)40-23-9-3-10-24-40/h1-37H. The van der Waals surface area contributed by atoms with Gasteiger partial charge in [0.15, 0.2) is 17.5 Å². The van der Waals surface area contributed by atoms with E-state index in [4.69, 9.17) is 19.9 Å². The SMILES string of the molecule is c1ccc(-c2nc(-c3ccccc3)nc(-c3ccc4c(c3)nc(-c3ccccc3)c3cc5c(cc34)C3(c4ccccc4-c4ccccc43)c3ccccc3N5c3ccccc3)n2)cc1. The number of pyridine rings is 1. The Morgan fingerprint density at radius 1 is 0.312 bits per heavy atom. The summed E-state index contributed by atoms with van der Waals surface area (Å²) < 4.78 is 0. The largest absolute Gasteiger partial charge is 0.310 e. The average Bonchev–Trinajstić information content (AvgIpc) is 3.67. The van der Waals surface area contributed by atoms with E-state index in [0.29, 0.717) is 17.5 Å². The molecule has 13 rings (SSSR count). The quantitative estimate of drug-likeness (QED) is 0.162. The maximum absolute atomic E-state index is 5.58. The lowest BCUT2D eigenvalue weighted by atomic mass is 9.64. The fourth-order valence-electron chi connectivity index (χ4n) is 10.3. The number of hydrogen-bond donors (Lipinski definition) is 0. The monoisotopic (exact) mass is 815 g/mol. The molecule has 3 heterocycles. The van der Waals surface area contributed by atoms with E-state index in [-0.39, 0.29) is 0 Å². The summed E-state index contributed by atoms with van der Waals surface area (Å²) in [5.41, 5.74) is 16.0. The van der Waals surface area contributed by atoms with E-state index in [2.05, 4.69) is 169 Å². The highest BCUT2D eigenvalue weighted by Gasteiger charge is 2.51. The lowest BCUT2D eigenvalue weighted by molar-refractivity contribution is 0.754. The highest BCUT2D eigenvalue weighted by atomic mass is 15.2. The molecule has 0 saturated heterocycles. The third-order valence-corrected chi connectivity index (χ3v) is 13.1. The molecular formula is C59H37N5. The maximum atomic E-state index is 5.58. The van der Waals surface area contributed by atoms with E-state index in [0.717, 1.165) is 66.7 Å². The van der Waals surface area contributed by atoms with Gasteiger partial charge in [0.05, 0.1) is 28.0 Å². The first-order valence-electron chi connectivity index (χ1n) is 21.7. The summed E-state index contributed by atoms with van der Waals surface area (Å²) in [6.07, 6.45) is 0. The normalized spacial score (nSPS) is 13.1. The zero-order chi connectivity index (χ0) is 42.2. The zero-order valence-electron chi connectivity index (χ0n) is 34.6. The second-order valence-electron chi connectivity index (χ2n) is 16.5. The van der Waals surface area contributed by atoms with Crippen molar-refractivity contribution in [3.8, 4) is 56.5 Å². The molecule has 5 heteroatoms. The van der Waals surface area contributed by atoms with Gasteiger partial charge in [-0.3, -0.25) is 0 Å². The number of anilines is 3. The Bertz CT molecular complexity index is 3510. The van der Waals surface area contributed by atoms with E-state index >= 15 is 0 Å². The number of para-hydroxylation sites is 2. The van der Waals surface area contributed by atoms with Crippen LogP contribution < -0.4 is 4.90 Å². The molecule has 0 fully saturated rings. The van der Waals surface area contributed by atoms with Crippen molar-refractivity contribution in [2.45, 2.75) is 5.41 Å². The number of fused-ring (bicyclic) bond motifs is 12. The molecule has 64 heavy (non-hydrogen) atoms. The van der Waals surface area contributed by atoms with Crippen LogP contribution in [0, 0.1) is 0 Å². The van der Waals surface area contributed by atoms with Crippen LogP contribution in [0.25, 0.3) is 78.2 Å². The molecule has 1 spiro atoms. The summed E-state index contributed by atoms with van der Waals surface area (Å²) >= 11 is 0. The Morgan fingerprint density at radius 3 is 1.42 bits per heavy atom. The van der Waals surface area contributed by atoms with Crippen LogP contribution in [-0.4, -0.2) is 19.9 Å². The zero-order valence-corrected chi connectivity index (χ0v) is 34.6. The fraction of sp³-hybridized carbons (Fsp3) is 0.0169. The van der Waals surface area contributed by atoms with Gasteiger partial charge in [-0.1, -0.05) is 188 Å². The third kappa shape index (κ3) is 5.37. The molecule has 11 aromatic rings. The van der Waals surface area contributed by atoms with Gasteiger partial charge < -0.3 is 4.90 Å². The number of benzene rings is 9. The molecule has 2 aliphatic rings. The number of nitrogens with zero attached hydrogens (tertiary/aromatic N) is 5. The van der Waals surface area contributed by atoms with Crippen LogP contribution in [-0.2, 0) is 5.41 Å². The molecule has 1 aliphatic carbocycles. The van der Waals surface area contributed by atoms with Gasteiger partial charge in [-0.15, -0.1) is 0 Å². The lowest BCUT2D eigenvalue weighted by Gasteiger charge is -2.45. The van der Waals surface area contributed by atoms with E-state index < -0.39 is 5.41 Å². The van der Waals surface area contributed by atoms with Gasteiger partial charge in [-0.25, -0.2) is 19.9 Å². The van der Waals surface area contributed by atoms with Crippen molar-refractivity contribution in [1.29, 1.82) is 0 Å². The van der Waals surface area contributed by atoms with Crippen molar-refractivity contribution in [3.63, 3.8) is 0 Å². The summed E-state index contributed by atoms with van der Waals surface area (Å²) in [7, 11) is 0. The fourth-order valence-corrected chi connectivity index (χ4v) is 10.3. The van der Waals surface area contributed by atoms with Crippen LogP contribution in [0.2, 0.25) is 0 Å². The molecule has 5 nitrogen and oxygen atoms in total. The first-order valence-corrected chi connectivity index (χ1v) is 21.7. The predicted molar refractivity (Wildman–Crippen MR) is 260 cm³/mol. The van der Waals surface area contributed by atoms with Crippen LogP contribution in [0.15, 0.2) is 224 Å². The van der Waals surface area contributed by atoms with Crippen LogP contribution in [0.5, 0.6) is 0 Å². The van der Waals surface area contributed by atoms with E-state index in [1.54, 1.807) is 0 Å². The Balaban J connectivity index is 1.13. The summed E-state index contributed by atoms with van der Waals surface area (Å²) in [6, 6.07) is 80.0. The highest BCUT2D eigenvalue weighted by molar-refractivity contribution is 6.14. The van der Waals surface area contributed by atoms with Crippen LogP contribution in [0.4, 0.5) is 17.1 Å². The van der Waals surface area contributed by atoms with E-state index in [1.165, 1.54) is 33.4 Å². The minimum Gasteiger partial charge on any atom is -0.310 e. The van der Waals surface area contributed by atoms with Gasteiger partial charge in [0.2, 0.25) is 0 Å². The van der Waals surface area contributed by atoms with E-state index in [9.17, 15) is 0 Å². The van der Waals surface area contributed by atoms with E-state index in [1.807, 2.05) is 60.7 Å². The Labute approximate surface area is 370 Å². The molecular weight excluding hydrogens is 779 g/mol. The molecule has 0 saturated carbocycles. The number of aromatic nitrogens is 4. The van der Waals surface area contributed by atoms with Crippen LogP contribution in [0.1, 0.15) is 22.3 Å². The second kappa shape index (κ2) is 14.3. The minimum atomic E-state index is -0.590. The van der Waals surface area contributed by atoms with Gasteiger partial charge >= 0.3 is 0 Å². The molecule has 298 valence electrons. The molecule has 0 N–H and O–H groups in total. The van der Waals surface area contributed by atoms with Crippen LogP contribution >= 0.6 is 0 Å². The van der Waals surface area contributed by atoms with Gasteiger partial charge in [0.1, 0.15) is 0 Å². The number of hydrogen-bond acceptors (Lipinski definition) is 5. The summed E-state index contributed by atoms with van der Waals surface area (Å²) in [4.78, 5) is 23.2. The highest BCUT2D eigenvalue weighted by Crippen LogP contribution is 2.64. The lowest BCUT2D eigenvalue weighted by Crippen LogP contribution is -2.36. The van der Waals surface area contributed by atoms with Crippen molar-refractivity contribution in [3.05, 3.63) is 247 Å². The first kappa shape index (κ1) is 36.1. The van der Waals surface area contributed by atoms with Crippen molar-refractivity contribution < 1.29 is 0 Å². The molecule has 0 bridgehead atoms. The topological polar surface area (TPSA) is 54.8 Å². The molecule has 0 radical (unpaired) electrons. The van der Waals surface area contributed by atoms with Crippen molar-refractivity contribution in [1.82, 2.24) is 19.9 Å². The van der Waals surface area contributed by atoms with Gasteiger partial charge in [0, 0.05) is 38.7 Å². The Hall–Kier alpha value is -8.54. The second-order valence-corrected chi connectivity index (χ2v) is 16.5. The minimum absolute atomic E-state index is 0.590. The smallest absolute Gasteiger partial charge is 0.164 e. The van der Waals surface area contributed by atoms with Gasteiger partial charge in [-0.05, 0) is 75.2 Å². The number of rotatable bonds is 5. The molecule has 0 atom stereocenters. The summed E-state index contributed by atoms with van der Waals surface area (Å²) in [5.74, 6) is 1.84. The first-order chi connectivity index (χ1) is 31.7. The van der Waals surface area contributed by atoms with Crippen molar-refractivity contribution in [2.75, 3.05) is 4.90 Å². The molecule has 1 aliphatic heterocycles. The summed E-state index contributed by atoms with van der Waals surface area (Å²) in [5, 5.41) is 3.27. The summed E-state index contributed by atoms with van der Waals surface area (Å²) in [6.45, 7) is 0. The average molecular weight is 816 g/mol. The molecule has 0 unspecified atom stereocenters. The maximum Gasteiger partial charge on any atom is 0.164 e. The Kier molecular flexibility index (Phi) is 8.06. The van der Waals surface area contributed by atoms with Gasteiger partial charge in [-0.2, -0.15) is 0 Å².